The number of nitrogens with zero attached hydrogens (tertiary/aromatic N) is 4. The maximum Gasteiger partial charge on any atom is 0.269 e. The summed E-state index contributed by atoms with van der Waals surface area (Å²) in [7, 11) is 0. The van der Waals surface area contributed by atoms with Crippen molar-refractivity contribution in [2.75, 3.05) is 10.6 Å². The average Bonchev–Trinajstić information content (AvgIpc) is 2.73. The van der Waals surface area contributed by atoms with Crippen molar-refractivity contribution in [3.8, 4) is 0 Å². The molecule has 0 fully saturated rings. The summed E-state index contributed by atoms with van der Waals surface area (Å²) in [4.78, 5) is 32.5. The molecule has 4 rings (SSSR count). The number of aliphatic imine (C=N–C) groups is 1. The third kappa shape index (κ3) is 4.16. The molecule has 2 aromatic carbocycles. The minimum absolute atomic E-state index is 0.0697. The van der Waals surface area contributed by atoms with Crippen LogP contribution in [0.1, 0.15) is 42.8 Å². The molecule has 1 aliphatic heterocycles. The molecule has 0 radical (unpaired) electrons. The number of guanidine groups is 1. The monoisotopic (exact) mass is 418 g/mol. The topological polar surface area (TPSA) is 114 Å². The molecular weight excluding hydrogens is 396 g/mol. The Kier molecular flexibility index (Phi) is 5.24. The van der Waals surface area contributed by atoms with Crippen molar-refractivity contribution in [3.63, 3.8) is 0 Å². The van der Waals surface area contributed by atoms with Gasteiger partial charge in [-0.1, -0.05) is 38.1 Å². The molecule has 9 nitrogen and oxygen atoms in total. The van der Waals surface area contributed by atoms with E-state index < -0.39 is 11.1 Å². The number of anilines is 2. The Hall–Kier alpha value is -4.01. The fourth-order valence-electron chi connectivity index (χ4n) is 3.42. The van der Waals surface area contributed by atoms with Crippen molar-refractivity contribution >= 4 is 23.3 Å². The fourth-order valence-corrected chi connectivity index (χ4v) is 3.42. The molecule has 2 heterocycles. The Morgan fingerprint density at radius 3 is 2.58 bits per heavy atom. The van der Waals surface area contributed by atoms with Crippen LogP contribution in [0.5, 0.6) is 0 Å². The van der Waals surface area contributed by atoms with Gasteiger partial charge in [-0.3, -0.25) is 24.8 Å². The molecule has 0 saturated carbocycles. The zero-order valence-electron chi connectivity index (χ0n) is 17.4. The van der Waals surface area contributed by atoms with Crippen LogP contribution in [0.15, 0.2) is 64.4 Å². The lowest BCUT2D eigenvalue weighted by atomic mass is 10.0. The lowest BCUT2D eigenvalue weighted by Crippen LogP contribution is -2.37. The number of nitro groups is 1. The highest BCUT2D eigenvalue weighted by Crippen LogP contribution is 2.28. The molecule has 1 unspecified atom stereocenters. The highest BCUT2D eigenvalue weighted by atomic mass is 16.6. The smallest absolute Gasteiger partial charge is 0.269 e. The first kappa shape index (κ1) is 20.3. The van der Waals surface area contributed by atoms with Gasteiger partial charge in [0.05, 0.1) is 4.92 Å². The van der Waals surface area contributed by atoms with E-state index in [2.05, 4.69) is 34.5 Å². The maximum atomic E-state index is 12.7. The Balaban J connectivity index is 1.76. The second-order valence-electron chi connectivity index (χ2n) is 7.66. The Morgan fingerprint density at radius 1 is 1.16 bits per heavy atom. The van der Waals surface area contributed by atoms with E-state index in [-0.39, 0.29) is 11.2 Å². The van der Waals surface area contributed by atoms with E-state index >= 15 is 0 Å². The number of hydrogen-bond acceptors (Lipinski definition) is 7. The van der Waals surface area contributed by atoms with Gasteiger partial charge in [0.1, 0.15) is 0 Å². The lowest BCUT2D eigenvalue weighted by molar-refractivity contribution is -0.384. The van der Waals surface area contributed by atoms with Crippen LogP contribution in [0, 0.1) is 17.0 Å². The lowest BCUT2D eigenvalue weighted by Gasteiger charge is -2.27. The van der Waals surface area contributed by atoms with Crippen molar-refractivity contribution in [2.24, 2.45) is 4.99 Å². The van der Waals surface area contributed by atoms with Crippen molar-refractivity contribution in [1.82, 2.24) is 9.55 Å². The summed E-state index contributed by atoms with van der Waals surface area (Å²) in [6.07, 6.45) is -0.797. The van der Waals surface area contributed by atoms with Gasteiger partial charge >= 0.3 is 0 Å². The summed E-state index contributed by atoms with van der Waals surface area (Å²) in [6, 6.07) is 15.5. The zero-order valence-corrected chi connectivity index (χ0v) is 17.4. The zero-order chi connectivity index (χ0) is 22.1. The average molecular weight is 418 g/mol. The Morgan fingerprint density at radius 2 is 1.90 bits per heavy atom. The Labute approximate surface area is 178 Å². The Bertz CT molecular complexity index is 1230. The van der Waals surface area contributed by atoms with Crippen LogP contribution in [-0.2, 0) is 0 Å². The van der Waals surface area contributed by atoms with E-state index in [4.69, 9.17) is 0 Å². The number of benzene rings is 2. The standard InChI is InChI=1S/C22H22N6O3/c1-13(2)15-7-9-17(10-8-15)24-21-25-20(16-5-4-6-18(12-16)28(30)31)27-19(29)11-14(3)23-22(27)26-21/h4-13,20H,1-3H3,(H2,23,24,25,26). The van der Waals surface area contributed by atoms with Crippen molar-refractivity contribution in [1.29, 1.82) is 0 Å². The summed E-state index contributed by atoms with van der Waals surface area (Å²) >= 11 is 0. The molecule has 3 aromatic rings. The molecule has 158 valence electrons. The minimum atomic E-state index is -0.797. The molecule has 0 saturated heterocycles. The number of nitro benzene ring substituents is 1. The second-order valence-corrected chi connectivity index (χ2v) is 7.66. The highest BCUT2D eigenvalue weighted by Gasteiger charge is 2.26. The first-order valence-corrected chi connectivity index (χ1v) is 9.88. The number of aromatic nitrogens is 2. The quantitative estimate of drug-likeness (QED) is 0.488. The van der Waals surface area contributed by atoms with E-state index in [9.17, 15) is 14.9 Å². The second kappa shape index (κ2) is 8.02. The molecule has 1 aromatic heterocycles. The van der Waals surface area contributed by atoms with Crippen LogP contribution < -0.4 is 16.2 Å². The molecule has 0 aliphatic carbocycles. The van der Waals surface area contributed by atoms with E-state index in [0.29, 0.717) is 29.1 Å². The fraction of sp³-hybridized carbons (Fsp3) is 0.227. The number of fused-ring (bicyclic) bond motifs is 1. The third-order valence-corrected chi connectivity index (χ3v) is 5.03. The molecule has 2 N–H and O–H groups in total. The van der Waals surface area contributed by atoms with Crippen molar-refractivity contribution in [3.05, 3.63) is 91.9 Å². The van der Waals surface area contributed by atoms with E-state index in [1.54, 1.807) is 19.1 Å². The molecule has 0 spiro atoms. The summed E-state index contributed by atoms with van der Waals surface area (Å²) < 4.78 is 1.39. The first-order valence-electron chi connectivity index (χ1n) is 9.88. The maximum absolute atomic E-state index is 12.7. The first-order chi connectivity index (χ1) is 14.8. The predicted molar refractivity (Wildman–Crippen MR) is 120 cm³/mol. The number of non-ortho nitro benzene ring substituents is 1. The van der Waals surface area contributed by atoms with Crippen LogP contribution in [0.4, 0.5) is 17.3 Å². The van der Waals surface area contributed by atoms with Crippen LogP contribution in [0.2, 0.25) is 0 Å². The van der Waals surface area contributed by atoms with Crippen molar-refractivity contribution < 1.29 is 4.92 Å². The summed E-state index contributed by atoms with van der Waals surface area (Å²) in [6.45, 7) is 5.98. The molecule has 1 atom stereocenters. The van der Waals surface area contributed by atoms with Gasteiger partial charge in [0.25, 0.3) is 11.2 Å². The highest BCUT2D eigenvalue weighted by molar-refractivity contribution is 6.03. The van der Waals surface area contributed by atoms with Gasteiger partial charge in [0.15, 0.2) is 6.17 Å². The van der Waals surface area contributed by atoms with Gasteiger partial charge in [0, 0.05) is 35.1 Å². The van der Waals surface area contributed by atoms with E-state index in [0.717, 1.165) is 5.69 Å². The van der Waals surface area contributed by atoms with Crippen LogP contribution in [-0.4, -0.2) is 20.4 Å². The largest absolute Gasteiger partial charge is 0.326 e. The minimum Gasteiger partial charge on any atom is -0.326 e. The van der Waals surface area contributed by atoms with Gasteiger partial charge in [-0.05, 0) is 30.5 Å². The predicted octanol–water partition coefficient (Wildman–Crippen LogP) is 4.02. The van der Waals surface area contributed by atoms with Crippen LogP contribution in [0.3, 0.4) is 0 Å². The normalized spacial score (nSPS) is 15.1. The molecule has 0 bridgehead atoms. The van der Waals surface area contributed by atoms with Crippen molar-refractivity contribution in [2.45, 2.75) is 32.9 Å². The van der Waals surface area contributed by atoms with Gasteiger partial charge in [-0.15, -0.1) is 0 Å². The molecular formula is C22H22N6O3. The van der Waals surface area contributed by atoms with E-state index in [1.165, 1.54) is 28.3 Å². The number of rotatable bonds is 4. The molecule has 1 aliphatic rings. The SMILES string of the molecule is Cc1cc(=O)n2c(n1)NC(Nc1ccc(C(C)C)cc1)=NC2c1cccc([N+](=O)[O-])c1. The van der Waals surface area contributed by atoms with Crippen LogP contribution >= 0.6 is 0 Å². The summed E-state index contributed by atoms with van der Waals surface area (Å²) in [5, 5.41) is 17.5. The van der Waals surface area contributed by atoms with E-state index in [1.807, 2.05) is 24.3 Å². The molecule has 31 heavy (non-hydrogen) atoms. The van der Waals surface area contributed by atoms with Crippen LogP contribution in [0.25, 0.3) is 0 Å². The molecule has 9 heteroatoms. The van der Waals surface area contributed by atoms with Gasteiger partial charge in [-0.2, -0.15) is 0 Å². The van der Waals surface area contributed by atoms with Gasteiger partial charge in [-0.25, -0.2) is 9.98 Å². The summed E-state index contributed by atoms with van der Waals surface area (Å²) in [5.74, 6) is 1.13. The number of hydrogen-bond donors (Lipinski definition) is 2. The van der Waals surface area contributed by atoms with Gasteiger partial charge in [0.2, 0.25) is 11.9 Å². The van der Waals surface area contributed by atoms with Gasteiger partial charge < -0.3 is 5.32 Å². The third-order valence-electron chi connectivity index (χ3n) is 5.03. The number of nitrogens with one attached hydrogen (secondary N) is 2. The summed E-state index contributed by atoms with van der Waals surface area (Å²) in [5.41, 5.74) is 2.74. The molecule has 0 amide bonds. The number of aryl methyl sites for hydroxylation is 1.